The second-order valence-corrected chi connectivity index (χ2v) is 4.15. The van der Waals surface area contributed by atoms with Gasteiger partial charge >= 0.3 is 5.69 Å². The van der Waals surface area contributed by atoms with Crippen LogP contribution < -0.4 is 22.3 Å². The summed E-state index contributed by atoms with van der Waals surface area (Å²) in [6.45, 7) is 0.687. The van der Waals surface area contributed by atoms with Crippen molar-refractivity contribution < 1.29 is 14.6 Å². The van der Waals surface area contributed by atoms with Gasteiger partial charge in [0.15, 0.2) is 0 Å². The number of ether oxygens (including phenoxy) is 2. The first-order valence-corrected chi connectivity index (χ1v) is 6.03. The van der Waals surface area contributed by atoms with E-state index in [1.165, 1.54) is 18.8 Å². The lowest BCUT2D eigenvalue weighted by molar-refractivity contribution is 0.0727. The number of aromatic amines is 1. The van der Waals surface area contributed by atoms with Crippen molar-refractivity contribution in [2.24, 2.45) is 0 Å². The lowest BCUT2D eigenvalue weighted by atomic mass is 10.3. The lowest BCUT2D eigenvalue weighted by Gasteiger charge is -2.15. The van der Waals surface area contributed by atoms with Gasteiger partial charge in [-0.1, -0.05) is 0 Å². The fourth-order valence-electron chi connectivity index (χ4n) is 1.63. The number of hydrogen-bond donors (Lipinski definition) is 4. The Morgan fingerprint density at radius 1 is 1.40 bits per heavy atom. The van der Waals surface area contributed by atoms with Crippen LogP contribution in [0.1, 0.15) is 0 Å². The van der Waals surface area contributed by atoms with Gasteiger partial charge in [-0.3, -0.25) is 14.3 Å². The van der Waals surface area contributed by atoms with Crippen molar-refractivity contribution in [3.63, 3.8) is 0 Å². The molecular weight excluding hydrogens is 268 g/mol. The number of hydrogen-bond acceptors (Lipinski definition) is 7. The first-order valence-electron chi connectivity index (χ1n) is 6.03. The fourth-order valence-corrected chi connectivity index (χ4v) is 1.63. The Kier molecular flexibility index (Phi) is 6.22. The van der Waals surface area contributed by atoms with E-state index in [-0.39, 0.29) is 37.8 Å². The van der Waals surface area contributed by atoms with Gasteiger partial charge in [-0.15, -0.1) is 0 Å². The molecule has 1 aromatic rings. The summed E-state index contributed by atoms with van der Waals surface area (Å²) in [4.78, 5) is 25.5. The predicted octanol–water partition coefficient (Wildman–Crippen LogP) is -1.82. The summed E-state index contributed by atoms with van der Waals surface area (Å²) in [7, 11) is 2.95. The quantitative estimate of drug-likeness (QED) is 0.443. The molecule has 1 atom stereocenters. The molecule has 0 radical (unpaired) electrons. The van der Waals surface area contributed by atoms with E-state index < -0.39 is 17.4 Å². The van der Waals surface area contributed by atoms with E-state index in [0.29, 0.717) is 0 Å². The van der Waals surface area contributed by atoms with Crippen molar-refractivity contribution in [3.05, 3.63) is 20.8 Å². The fraction of sp³-hybridized carbons (Fsp3) is 0.636. The number of nitrogens with zero attached hydrogens (tertiary/aromatic N) is 1. The van der Waals surface area contributed by atoms with Gasteiger partial charge in [0.25, 0.3) is 5.56 Å². The summed E-state index contributed by atoms with van der Waals surface area (Å²) in [5.74, 6) is 0.000386. The Morgan fingerprint density at radius 3 is 2.70 bits per heavy atom. The van der Waals surface area contributed by atoms with Gasteiger partial charge < -0.3 is 25.6 Å². The molecule has 1 rings (SSSR count). The molecular formula is C11H20N4O5. The minimum Gasteiger partial charge on any atom is -0.389 e. The van der Waals surface area contributed by atoms with Crippen molar-refractivity contribution in [2.45, 2.75) is 12.6 Å². The Labute approximate surface area is 115 Å². The number of nitrogens with two attached hydrogens (primary N) is 1. The highest BCUT2D eigenvalue weighted by Gasteiger charge is 2.13. The highest BCUT2D eigenvalue weighted by atomic mass is 16.5. The van der Waals surface area contributed by atoms with Crippen LogP contribution in [-0.2, 0) is 16.0 Å². The first-order chi connectivity index (χ1) is 9.51. The maximum absolute atomic E-state index is 11.7. The third-order valence-electron chi connectivity index (χ3n) is 2.63. The molecule has 0 aromatic carbocycles. The van der Waals surface area contributed by atoms with Gasteiger partial charge in [-0.05, 0) is 0 Å². The van der Waals surface area contributed by atoms with E-state index in [1.54, 1.807) is 0 Å². The average Bonchev–Trinajstić information content (AvgIpc) is 2.38. The Morgan fingerprint density at radius 2 is 2.10 bits per heavy atom. The summed E-state index contributed by atoms with van der Waals surface area (Å²) in [5.41, 5.74) is 4.60. The maximum atomic E-state index is 11.7. The number of nitrogen functional groups attached to an aromatic ring is 1. The molecule has 0 aliphatic carbocycles. The number of nitrogens with one attached hydrogen (secondary N) is 2. The molecule has 0 aliphatic heterocycles. The number of aliphatic hydroxyl groups excluding tert-OH is 1. The monoisotopic (exact) mass is 288 g/mol. The number of methoxy groups -OCH3 is 2. The molecule has 0 spiro atoms. The van der Waals surface area contributed by atoms with Gasteiger partial charge in [0, 0.05) is 20.8 Å². The molecule has 1 aromatic heterocycles. The molecule has 5 N–H and O–H groups in total. The highest BCUT2D eigenvalue weighted by molar-refractivity contribution is 5.60. The molecule has 9 heteroatoms. The van der Waals surface area contributed by atoms with Crippen molar-refractivity contribution in [2.75, 3.05) is 45.0 Å². The van der Waals surface area contributed by atoms with Crippen LogP contribution in [0.2, 0.25) is 0 Å². The van der Waals surface area contributed by atoms with Crippen molar-refractivity contribution in [3.8, 4) is 0 Å². The van der Waals surface area contributed by atoms with E-state index in [1.807, 2.05) is 0 Å². The number of anilines is 2. The van der Waals surface area contributed by atoms with Crippen LogP contribution in [0.4, 0.5) is 11.5 Å². The molecule has 0 saturated carbocycles. The molecule has 9 nitrogen and oxygen atoms in total. The number of aliphatic hydroxyl groups is 1. The van der Waals surface area contributed by atoms with E-state index >= 15 is 0 Å². The van der Waals surface area contributed by atoms with Crippen molar-refractivity contribution >= 4 is 11.5 Å². The third kappa shape index (κ3) is 4.08. The smallest absolute Gasteiger partial charge is 0.330 e. The lowest BCUT2D eigenvalue weighted by Crippen LogP contribution is -2.36. The summed E-state index contributed by atoms with van der Waals surface area (Å²) in [6.07, 6.45) is -0.793. The van der Waals surface area contributed by atoms with Crippen molar-refractivity contribution in [1.82, 2.24) is 9.55 Å². The van der Waals surface area contributed by atoms with Gasteiger partial charge in [0.05, 0.1) is 25.9 Å². The van der Waals surface area contributed by atoms with Crippen LogP contribution >= 0.6 is 0 Å². The summed E-state index contributed by atoms with van der Waals surface area (Å²) in [6, 6.07) is 0. The molecule has 0 aliphatic rings. The molecule has 1 unspecified atom stereocenters. The number of rotatable bonds is 8. The molecule has 20 heavy (non-hydrogen) atoms. The van der Waals surface area contributed by atoms with E-state index in [0.717, 1.165) is 0 Å². The molecule has 1 heterocycles. The summed E-state index contributed by atoms with van der Waals surface area (Å²) in [5, 5.41) is 12.2. The van der Waals surface area contributed by atoms with Crippen molar-refractivity contribution in [1.29, 1.82) is 0 Å². The van der Waals surface area contributed by atoms with Gasteiger partial charge in [-0.25, -0.2) is 4.79 Å². The van der Waals surface area contributed by atoms with Crippen LogP contribution in [0.15, 0.2) is 9.59 Å². The zero-order valence-corrected chi connectivity index (χ0v) is 11.5. The number of aromatic nitrogens is 2. The van der Waals surface area contributed by atoms with Crippen LogP contribution in [0, 0.1) is 0 Å². The van der Waals surface area contributed by atoms with Crippen LogP contribution in [0.25, 0.3) is 0 Å². The molecule has 0 amide bonds. The molecule has 0 bridgehead atoms. The minimum absolute atomic E-state index is 0.000386. The largest absolute Gasteiger partial charge is 0.389 e. The molecule has 0 fully saturated rings. The van der Waals surface area contributed by atoms with Crippen LogP contribution in [0.5, 0.6) is 0 Å². The van der Waals surface area contributed by atoms with Gasteiger partial charge in [0.1, 0.15) is 11.5 Å². The van der Waals surface area contributed by atoms with E-state index in [4.69, 9.17) is 15.2 Å². The first kappa shape index (κ1) is 16.2. The van der Waals surface area contributed by atoms with Gasteiger partial charge in [-0.2, -0.15) is 0 Å². The zero-order chi connectivity index (χ0) is 15.1. The van der Waals surface area contributed by atoms with Gasteiger partial charge in [0.2, 0.25) is 0 Å². The third-order valence-corrected chi connectivity index (χ3v) is 2.63. The van der Waals surface area contributed by atoms with E-state index in [9.17, 15) is 14.7 Å². The second kappa shape index (κ2) is 7.68. The average molecular weight is 288 g/mol. The summed E-state index contributed by atoms with van der Waals surface area (Å²) >= 11 is 0. The Hall–Kier alpha value is -1.84. The summed E-state index contributed by atoms with van der Waals surface area (Å²) < 4.78 is 10.8. The standard InChI is InChI=1S/C11H20N4O5/c1-19-4-3-15-9(12)8(10(17)14-11(15)18)13-5-7(16)6-20-2/h7,13,16H,3-6,12H2,1-2H3,(H,14,17,18). The number of H-pyrrole nitrogens is 1. The normalized spacial score (nSPS) is 12.3. The van der Waals surface area contributed by atoms with Crippen LogP contribution in [0.3, 0.4) is 0 Å². The van der Waals surface area contributed by atoms with E-state index in [2.05, 4.69) is 10.3 Å². The van der Waals surface area contributed by atoms with Crippen LogP contribution in [-0.4, -0.2) is 54.7 Å². The minimum atomic E-state index is -0.793. The SMILES string of the molecule is COCCn1c(N)c(NCC(O)COC)c(=O)[nH]c1=O. The second-order valence-electron chi connectivity index (χ2n) is 4.15. The molecule has 114 valence electrons. The topological polar surface area (TPSA) is 132 Å². The molecule has 0 saturated heterocycles. The Bertz CT molecular complexity index is 539. The zero-order valence-electron chi connectivity index (χ0n) is 11.5. The maximum Gasteiger partial charge on any atom is 0.330 e. The predicted molar refractivity (Wildman–Crippen MR) is 74.0 cm³/mol. The Balaban J connectivity index is 2.95. The highest BCUT2D eigenvalue weighted by Crippen LogP contribution is 2.09.